The van der Waals surface area contributed by atoms with Crippen molar-refractivity contribution in [1.82, 2.24) is 4.90 Å². The van der Waals surface area contributed by atoms with E-state index in [2.05, 4.69) is 4.90 Å². The van der Waals surface area contributed by atoms with Crippen molar-refractivity contribution in [2.75, 3.05) is 24.5 Å². The van der Waals surface area contributed by atoms with Crippen LogP contribution in [0, 0.1) is 11.6 Å². The third-order valence-corrected chi connectivity index (χ3v) is 6.48. The molecule has 2 aromatic carbocycles. The van der Waals surface area contributed by atoms with Gasteiger partial charge in [-0.1, -0.05) is 30.3 Å². The molecular weight excluding hydrogens is 443 g/mol. The normalized spacial score (nSPS) is 18.1. The van der Waals surface area contributed by atoms with E-state index in [1.165, 1.54) is 6.07 Å². The average Bonchev–Trinajstić information content (AvgIpc) is 3.00. The third-order valence-electron chi connectivity index (χ3n) is 6.48. The lowest BCUT2D eigenvalue weighted by Gasteiger charge is -2.38. The minimum absolute atomic E-state index is 0.0655. The molecule has 0 N–H and O–H groups in total. The highest BCUT2D eigenvalue weighted by Crippen LogP contribution is 2.49. The number of carbonyl (C=O) groups excluding carboxylic acids is 2. The minimum Gasteiger partial charge on any atom is -0.304 e. The van der Waals surface area contributed by atoms with Crippen molar-refractivity contribution in [3.8, 4) is 0 Å². The van der Waals surface area contributed by atoms with Crippen LogP contribution in [0.25, 0.3) is 0 Å². The number of likely N-dealkylation sites (tertiary alicyclic amines) is 1. The van der Waals surface area contributed by atoms with Gasteiger partial charge in [0.15, 0.2) is 17.4 Å². The summed E-state index contributed by atoms with van der Waals surface area (Å²) in [4.78, 5) is 28.8. The summed E-state index contributed by atoms with van der Waals surface area (Å²) in [6, 6.07) is 11.8. The molecule has 2 aliphatic rings. The number of nitrogens with zero attached hydrogens (tertiary/aromatic N) is 2. The Kier molecular flexibility index (Phi) is 6.26. The van der Waals surface area contributed by atoms with E-state index in [4.69, 9.17) is 0 Å². The van der Waals surface area contributed by atoms with Crippen LogP contribution in [0.4, 0.5) is 27.6 Å². The lowest BCUT2D eigenvalue weighted by molar-refractivity contribution is -0.142. The largest absolute Gasteiger partial charge is 0.389 e. The second-order valence-corrected chi connectivity index (χ2v) is 8.64. The molecule has 1 saturated heterocycles. The first-order chi connectivity index (χ1) is 15.6. The molecule has 0 bridgehead atoms. The fourth-order valence-corrected chi connectivity index (χ4v) is 4.79. The molecular formula is C24H23F5N2O2. The first-order valence-electron chi connectivity index (χ1n) is 10.8. The van der Waals surface area contributed by atoms with Crippen LogP contribution in [0.3, 0.4) is 0 Å². The standard InChI is InChI=1S/C24H23F5N2O2/c25-18-6-7-19-20(21(18)26)23(22(33)31(19)15-17(32)8-9-24(27,28)29)10-12-30(13-11-23)14-16-4-2-1-3-5-16/h1-7H,8-15H2. The molecule has 0 atom stereocenters. The molecule has 1 fully saturated rings. The van der Waals surface area contributed by atoms with Gasteiger partial charge in [0.25, 0.3) is 0 Å². The van der Waals surface area contributed by atoms with E-state index in [9.17, 15) is 31.5 Å². The number of ketones is 1. The van der Waals surface area contributed by atoms with E-state index in [0.717, 1.165) is 16.5 Å². The van der Waals surface area contributed by atoms with Gasteiger partial charge in [-0.05, 0) is 43.6 Å². The summed E-state index contributed by atoms with van der Waals surface area (Å²) in [5.74, 6) is -3.57. The maximum absolute atomic E-state index is 15.0. The Morgan fingerprint density at radius 1 is 1.00 bits per heavy atom. The molecule has 9 heteroatoms. The second-order valence-electron chi connectivity index (χ2n) is 8.64. The van der Waals surface area contributed by atoms with Crippen molar-refractivity contribution in [2.24, 2.45) is 0 Å². The van der Waals surface area contributed by atoms with Crippen LogP contribution in [0.15, 0.2) is 42.5 Å². The molecule has 176 valence electrons. The topological polar surface area (TPSA) is 40.6 Å². The Morgan fingerprint density at radius 2 is 1.67 bits per heavy atom. The number of halogens is 5. The highest BCUT2D eigenvalue weighted by molar-refractivity contribution is 6.11. The van der Waals surface area contributed by atoms with Crippen molar-refractivity contribution < 1.29 is 31.5 Å². The molecule has 2 heterocycles. The Bertz CT molecular complexity index is 1050. The number of anilines is 1. The second kappa shape index (κ2) is 8.85. The summed E-state index contributed by atoms with van der Waals surface area (Å²) >= 11 is 0. The Hall–Kier alpha value is -2.81. The number of carbonyl (C=O) groups is 2. The predicted octanol–water partition coefficient (Wildman–Crippen LogP) is 4.76. The third kappa shape index (κ3) is 4.64. The Morgan fingerprint density at radius 3 is 2.30 bits per heavy atom. The zero-order valence-corrected chi connectivity index (χ0v) is 17.8. The number of hydrogen-bond donors (Lipinski definition) is 0. The summed E-state index contributed by atoms with van der Waals surface area (Å²) in [6.45, 7) is 0.948. The maximum atomic E-state index is 15.0. The Labute approximate surface area is 188 Å². The molecule has 4 nitrogen and oxygen atoms in total. The molecule has 0 radical (unpaired) electrons. The summed E-state index contributed by atoms with van der Waals surface area (Å²) < 4.78 is 66.6. The van der Waals surface area contributed by atoms with Gasteiger partial charge in [0.05, 0.1) is 24.1 Å². The number of Topliss-reactive ketones (excluding diaryl/α,β-unsaturated/α-hetero) is 1. The van der Waals surface area contributed by atoms with Gasteiger partial charge in [0.2, 0.25) is 5.91 Å². The van der Waals surface area contributed by atoms with Crippen LogP contribution in [0.5, 0.6) is 0 Å². The molecule has 1 amide bonds. The van der Waals surface area contributed by atoms with Crippen molar-refractivity contribution in [3.63, 3.8) is 0 Å². The summed E-state index contributed by atoms with van der Waals surface area (Å²) in [6.07, 6.45) is -6.12. The molecule has 33 heavy (non-hydrogen) atoms. The van der Waals surface area contributed by atoms with Crippen LogP contribution >= 0.6 is 0 Å². The van der Waals surface area contributed by atoms with E-state index >= 15 is 0 Å². The maximum Gasteiger partial charge on any atom is 0.389 e. The molecule has 2 aromatic rings. The smallest absolute Gasteiger partial charge is 0.304 e. The number of amides is 1. The first kappa shape index (κ1) is 23.4. The SMILES string of the molecule is O=C(CCC(F)(F)F)CN1C(=O)C2(CCN(Cc3ccccc3)CC2)c2c1ccc(F)c2F. The lowest BCUT2D eigenvalue weighted by atomic mass is 9.73. The van der Waals surface area contributed by atoms with Gasteiger partial charge in [-0.25, -0.2) is 8.78 Å². The van der Waals surface area contributed by atoms with Crippen molar-refractivity contribution >= 4 is 17.4 Å². The van der Waals surface area contributed by atoms with Crippen molar-refractivity contribution in [3.05, 3.63) is 65.2 Å². The monoisotopic (exact) mass is 466 g/mol. The summed E-state index contributed by atoms with van der Waals surface area (Å²) in [5, 5.41) is 0. The molecule has 0 unspecified atom stereocenters. The number of benzene rings is 2. The number of alkyl halides is 3. The van der Waals surface area contributed by atoms with E-state index in [-0.39, 0.29) is 24.1 Å². The molecule has 0 aliphatic carbocycles. The quantitative estimate of drug-likeness (QED) is 0.577. The van der Waals surface area contributed by atoms with Crippen LogP contribution in [0.1, 0.15) is 36.8 Å². The highest BCUT2D eigenvalue weighted by Gasteiger charge is 2.54. The highest BCUT2D eigenvalue weighted by atomic mass is 19.4. The van der Waals surface area contributed by atoms with E-state index in [0.29, 0.717) is 19.6 Å². The fraction of sp³-hybridized carbons (Fsp3) is 0.417. The number of piperidine rings is 1. The zero-order chi connectivity index (χ0) is 23.8. The first-order valence-corrected chi connectivity index (χ1v) is 10.8. The number of fused-ring (bicyclic) bond motifs is 2. The minimum atomic E-state index is -4.50. The number of hydrogen-bond acceptors (Lipinski definition) is 3. The fourth-order valence-electron chi connectivity index (χ4n) is 4.79. The van der Waals surface area contributed by atoms with Gasteiger partial charge in [-0.3, -0.25) is 14.5 Å². The average molecular weight is 466 g/mol. The summed E-state index contributed by atoms with van der Waals surface area (Å²) in [7, 11) is 0. The Balaban J connectivity index is 1.56. The zero-order valence-electron chi connectivity index (χ0n) is 17.8. The number of rotatable bonds is 6. The molecule has 0 aromatic heterocycles. The van der Waals surface area contributed by atoms with Crippen molar-refractivity contribution in [1.29, 1.82) is 0 Å². The van der Waals surface area contributed by atoms with Gasteiger partial charge in [-0.15, -0.1) is 0 Å². The van der Waals surface area contributed by atoms with Crippen LogP contribution in [-0.4, -0.2) is 42.4 Å². The molecule has 1 spiro atoms. The van der Waals surface area contributed by atoms with Gasteiger partial charge < -0.3 is 4.90 Å². The van der Waals surface area contributed by atoms with Gasteiger partial charge in [0.1, 0.15) is 0 Å². The van der Waals surface area contributed by atoms with Gasteiger partial charge >= 0.3 is 6.18 Å². The van der Waals surface area contributed by atoms with Crippen molar-refractivity contribution in [2.45, 2.75) is 43.8 Å². The predicted molar refractivity (Wildman–Crippen MR) is 112 cm³/mol. The summed E-state index contributed by atoms with van der Waals surface area (Å²) in [5.41, 5.74) is -0.272. The lowest BCUT2D eigenvalue weighted by Crippen LogP contribution is -2.49. The van der Waals surface area contributed by atoms with E-state index in [1.54, 1.807) is 0 Å². The van der Waals surface area contributed by atoms with Crippen LogP contribution < -0.4 is 4.90 Å². The van der Waals surface area contributed by atoms with Gasteiger partial charge in [0, 0.05) is 18.5 Å². The molecule has 4 rings (SSSR count). The van der Waals surface area contributed by atoms with E-state index in [1.807, 2.05) is 30.3 Å². The van der Waals surface area contributed by atoms with E-state index < -0.39 is 54.3 Å². The molecule has 0 saturated carbocycles. The van der Waals surface area contributed by atoms with Crippen LogP contribution in [-0.2, 0) is 21.5 Å². The molecule has 2 aliphatic heterocycles. The van der Waals surface area contributed by atoms with Crippen LogP contribution in [0.2, 0.25) is 0 Å². The van der Waals surface area contributed by atoms with Gasteiger partial charge in [-0.2, -0.15) is 13.2 Å².